The van der Waals surface area contributed by atoms with Gasteiger partial charge < -0.3 is 9.13 Å². The van der Waals surface area contributed by atoms with Gasteiger partial charge >= 0.3 is 0 Å². The van der Waals surface area contributed by atoms with E-state index in [1.54, 1.807) is 72.3 Å². The number of imidazole rings is 1. The van der Waals surface area contributed by atoms with Gasteiger partial charge in [-0.3, -0.25) is 4.79 Å². The van der Waals surface area contributed by atoms with Crippen LogP contribution in [0.4, 0.5) is 0 Å². The van der Waals surface area contributed by atoms with E-state index in [0.717, 1.165) is 5.56 Å². The summed E-state index contributed by atoms with van der Waals surface area (Å²) in [5.41, 5.74) is 3.27. The van der Waals surface area contributed by atoms with Crippen LogP contribution in [0.15, 0.2) is 100 Å². The maximum Gasteiger partial charge on any atom is 0.251 e. The SMILES string of the molecule is Cn1c(=O)cc(-c2cccc(C#N)c2)c2cc(S(=O)(=O)c3cncn3Cc3ccc(C#N)cc3)ccc21. The largest absolute Gasteiger partial charge is 0.317 e. The van der Waals surface area contributed by atoms with Crippen molar-refractivity contribution in [1.82, 2.24) is 14.1 Å². The van der Waals surface area contributed by atoms with Gasteiger partial charge in [-0.05, 0) is 59.2 Å². The summed E-state index contributed by atoms with van der Waals surface area (Å²) in [5.74, 6) is 0. The molecule has 180 valence electrons. The number of nitrogens with zero attached hydrogens (tertiary/aromatic N) is 5. The average molecular weight is 506 g/mol. The molecule has 0 aliphatic carbocycles. The monoisotopic (exact) mass is 505 g/mol. The molecule has 0 saturated heterocycles. The number of hydrogen-bond acceptors (Lipinski definition) is 6. The molecule has 0 unspecified atom stereocenters. The molecule has 9 heteroatoms. The van der Waals surface area contributed by atoms with Crippen LogP contribution in [0, 0.1) is 22.7 Å². The lowest BCUT2D eigenvalue weighted by molar-refractivity contribution is 0.581. The summed E-state index contributed by atoms with van der Waals surface area (Å²) in [6, 6.07) is 24.0. The van der Waals surface area contributed by atoms with E-state index in [1.165, 1.54) is 29.2 Å². The topological polar surface area (TPSA) is 122 Å². The Morgan fingerprint density at radius 1 is 0.919 bits per heavy atom. The Hall–Kier alpha value is -4.99. The minimum Gasteiger partial charge on any atom is -0.317 e. The number of benzene rings is 3. The Balaban J connectivity index is 1.63. The first-order chi connectivity index (χ1) is 17.8. The van der Waals surface area contributed by atoms with Crippen molar-refractivity contribution in [1.29, 1.82) is 10.5 Å². The predicted octanol–water partition coefficient (Wildman–Crippen LogP) is 4.03. The number of sulfone groups is 1. The highest BCUT2D eigenvalue weighted by Gasteiger charge is 2.24. The van der Waals surface area contributed by atoms with E-state index in [4.69, 9.17) is 5.26 Å². The smallest absolute Gasteiger partial charge is 0.251 e. The van der Waals surface area contributed by atoms with Gasteiger partial charge in [-0.2, -0.15) is 10.5 Å². The standard InChI is InChI=1S/C28H19N5O3S/c1-32-26-10-9-23(12-25(26)24(13-27(32)34)22-4-2-3-21(11-22)15-30)37(35,36)28-16-31-18-33(28)17-20-7-5-19(14-29)6-8-20/h2-13,16,18H,17H2,1H3. The highest BCUT2D eigenvalue weighted by Crippen LogP contribution is 2.31. The van der Waals surface area contributed by atoms with Crippen molar-refractivity contribution in [2.75, 3.05) is 0 Å². The predicted molar refractivity (Wildman–Crippen MR) is 137 cm³/mol. The maximum absolute atomic E-state index is 13.7. The van der Waals surface area contributed by atoms with Gasteiger partial charge in [0.25, 0.3) is 5.56 Å². The molecule has 2 aromatic heterocycles. The van der Waals surface area contributed by atoms with Crippen LogP contribution in [0.1, 0.15) is 16.7 Å². The van der Waals surface area contributed by atoms with E-state index in [2.05, 4.69) is 17.1 Å². The van der Waals surface area contributed by atoms with Gasteiger partial charge in [-0.1, -0.05) is 24.3 Å². The third kappa shape index (κ3) is 4.29. The van der Waals surface area contributed by atoms with Crippen molar-refractivity contribution >= 4 is 20.7 Å². The van der Waals surface area contributed by atoms with Gasteiger partial charge in [0.2, 0.25) is 9.84 Å². The molecule has 5 aromatic rings. The average Bonchev–Trinajstić information content (AvgIpc) is 3.40. The molecule has 5 rings (SSSR count). The van der Waals surface area contributed by atoms with Crippen molar-refractivity contribution in [3.8, 4) is 23.3 Å². The Morgan fingerprint density at radius 2 is 1.68 bits per heavy atom. The summed E-state index contributed by atoms with van der Waals surface area (Å²) >= 11 is 0. The molecule has 0 aliphatic rings. The third-order valence-electron chi connectivity index (χ3n) is 6.22. The van der Waals surface area contributed by atoms with Crippen LogP contribution in [0.3, 0.4) is 0 Å². The highest BCUT2D eigenvalue weighted by atomic mass is 32.2. The molecule has 3 aromatic carbocycles. The lowest BCUT2D eigenvalue weighted by Crippen LogP contribution is -2.17. The molecule has 0 fully saturated rings. The lowest BCUT2D eigenvalue weighted by Gasteiger charge is -2.14. The molecule has 0 spiro atoms. The first-order valence-corrected chi connectivity index (χ1v) is 12.7. The van der Waals surface area contributed by atoms with Crippen LogP contribution >= 0.6 is 0 Å². The Labute approximate surface area is 212 Å². The molecule has 0 N–H and O–H groups in total. The van der Waals surface area contributed by atoms with E-state index in [-0.39, 0.29) is 22.0 Å². The number of hydrogen-bond donors (Lipinski definition) is 0. The van der Waals surface area contributed by atoms with E-state index in [1.807, 2.05) is 0 Å². The molecule has 0 saturated carbocycles. The number of rotatable bonds is 5. The molecule has 0 atom stereocenters. The van der Waals surface area contributed by atoms with Crippen molar-refractivity contribution in [3.05, 3.63) is 112 Å². The fourth-order valence-electron chi connectivity index (χ4n) is 4.26. The van der Waals surface area contributed by atoms with Crippen molar-refractivity contribution in [2.24, 2.45) is 7.05 Å². The van der Waals surface area contributed by atoms with Gasteiger partial charge in [-0.15, -0.1) is 0 Å². The van der Waals surface area contributed by atoms with E-state index in [0.29, 0.717) is 33.2 Å². The molecule has 0 bridgehead atoms. The molecular weight excluding hydrogens is 486 g/mol. The minimum atomic E-state index is -3.98. The van der Waals surface area contributed by atoms with Crippen LogP contribution in [0.2, 0.25) is 0 Å². The minimum absolute atomic E-state index is 0.0223. The Bertz CT molecular complexity index is 1920. The Kier molecular flexibility index (Phi) is 5.92. The van der Waals surface area contributed by atoms with Crippen LogP contribution in [-0.4, -0.2) is 22.5 Å². The van der Waals surface area contributed by atoms with Crippen LogP contribution < -0.4 is 5.56 Å². The molecule has 0 aliphatic heterocycles. The molecule has 37 heavy (non-hydrogen) atoms. The zero-order chi connectivity index (χ0) is 26.2. The van der Waals surface area contributed by atoms with E-state index in [9.17, 15) is 18.5 Å². The second-order valence-corrected chi connectivity index (χ2v) is 10.4. The number of pyridine rings is 1. The fraction of sp³-hybridized carbons (Fsp3) is 0.0714. The van der Waals surface area contributed by atoms with Gasteiger partial charge in [0.05, 0.1) is 46.2 Å². The number of nitriles is 2. The summed E-state index contributed by atoms with van der Waals surface area (Å²) in [6.07, 6.45) is 2.76. The molecule has 8 nitrogen and oxygen atoms in total. The van der Waals surface area contributed by atoms with E-state index >= 15 is 0 Å². The van der Waals surface area contributed by atoms with Crippen LogP contribution in [0.5, 0.6) is 0 Å². The number of fused-ring (bicyclic) bond motifs is 1. The molecule has 0 amide bonds. The van der Waals surface area contributed by atoms with Crippen molar-refractivity contribution in [3.63, 3.8) is 0 Å². The van der Waals surface area contributed by atoms with Crippen LogP contribution in [-0.2, 0) is 23.4 Å². The summed E-state index contributed by atoms with van der Waals surface area (Å²) in [4.78, 5) is 16.8. The summed E-state index contributed by atoms with van der Waals surface area (Å²) in [7, 11) is -2.35. The lowest BCUT2D eigenvalue weighted by atomic mass is 9.99. The number of aromatic nitrogens is 3. The van der Waals surface area contributed by atoms with E-state index < -0.39 is 9.84 Å². The highest BCUT2D eigenvalue weighted by molar-refractivity contribution is 7.91. The zero-order valence-electron chi connectivity index (χ0n) is 19.7. The van der Waals surface area contributed by atoms with Gasteiger partial charge in [0.15, 0.2) is 5.03 Å². The quantitative estimate of drug-likeness (QED) is 0.356. The summed E-state index contributed by atoms with van der Waals surface area (Å²) < 4.78 is 30.5. The fourth-order valence-corrected chi connectivity index (χ4v) is 5.64. The Morgan fingerprint density at radius 3 is 2.41 bits per heavy atom. The van der Waals surface area contributed by atoms with Crippen molar-refractivity contribution < 1.29 is 8.42 Å². The van der Waals surface area contributed by atoms with Gasteiger partial charge in [-0.25, -0.2) is 13.4 Å². The summed E-state index contributed by atoms with van der Waals surface area (Å²) in [5, 5.41) is 18.9. The normalized spacial score (nSPS) is 11.2. The van der Waals surface area contributed by atoms with Crippen molar-refractivity contribution in [2.45, 2.75) is 16.5 Å². The first-order valence-electron chi connectivity index (χ1n) is 11.2. The molecule has 0 radical (unpaired) electrons. The van der Waals surface area contributed by atoms with Gasteiger partial charge in [0.1, 0.15) is 0 Å². The van der Waals surface area contributed by atoms with Crippen LogP contribution in [0.25, 0.3) is 22.0 Å². The molecule has 2 heterocycles. The maximum atomic E-state index is 13.7. The molecular formula is C28H19N5O3S. The summed E-state index contributed by atoms with van der Waals surface area (Å²) in [6.45, 7) is 0.258. The second-order valence-electron chi connectivity index (χ2n) is 8.50. The third-order valence-corrected chi connectivity index (χ3v) is 7.98. The first kappa shape index (κ1) is 23.7. The second kappa shape index (κ2) is 9.23. The van der Waals surface area contributed by atoms with Gasteiger partial charge in [0, 0.05) is 25.0 Å². The zero-order valence-corrected chi connectivity index (χ0v) is 20.5. The number of aryl methyl sites for hydroxylation is 1.